The van der Waals surface area contributed by atoms with Crippen LogP contribution in [-0.2, 0) is 9.59 Å². The molecule has 1 atom stereocenters. The second kappa shape index (κ2) is 7.61. The van der Waals surface area contributed by atoms with Gasteiger partial charge in [-0.25, -0.2) is 0 Å². The van der Waals surface area contributed by atoms with E-state index < -0.39 is 0 Å². The van der Waals surface area contributed by atoms with Gasteiger partial charge in [0.25, 0.3) is 0 Å². The van der Waals surface area contributed by atoms with E-state index in [2.05, 4.69) is 5.32 Å². The van der Waals surface area contributed by atoms with Crippen LogP contribution >= 0.6 is 11.6 Å². The summed E-state index contributed by atoms with van der Waals surface area (Å²) in [6.45, 7) is 1.73. The lowest BCUT2D eigenvalue weighted by Gasteiger charge is -2.25. The first-order chi connectivity index (χ1) is 10.5. The van der Waals surface area contributed by atoms with E-state index in [1.807, 2.05) is 12.1 Å². The fourth-order valence-corrected chi connectivity index (χ4v) is 2.62. The molecule has 1 fully saturated rings. The molecular formula is C16H21ClN2O3. The third-order valence-corrected chi connectivity index (χ3v) is 3.93. The summed E-state index contributed by atoms with van der Waals surface area (Å²) in [5.41, 5.74) is 0.840. The SMILES string of the molecule is CC(=O)NC(CC(=O)N(CCO)C1CC1)c1ccc(Cl)cc1. The Morgan fingerprint density at radius 2 is 2.00 bits per heavy atom. The summed E-state index contributed by atoms with van der Waals surface area (Å²) in [5, 5.41) is 12.5. The van der Waals surface area contributed by atoms with Crippen LogP contribution in [0.15, 0.2) is 24.3 Å². The highest BCUT2D eigenvalue weighted by atomic mass is 35.5. The largest absolute Gasteiger partial charge is 0.395 e. The van der Waals surface area contributed by atoms with Gasteiger partial charge in [-0.05, 0) is 30.5 Å². The standard InChI is InChI=1S/C16H21ClN2O3/c1-11(21)18-15(12-2-4-13(17)5-3-12)10-16(22)19(8-9-20)14-6-7-14/h2-5,14-15,20H,6-10H2,1H3,(H,18,21). The zero-order valence-corrected chi connectivity index (χ0v) is 13.3. The molecule has 1 saturated carbocycles. The van der Waals surface area contributed by atoms with Crippen LogP contribution in [0.2, 0.25) is 5.02 Å². The van der Waals surface area contributed by atoms with E-state index in [9.17, 15) is 9.59 Å². The zero-order valence-electron chi connectivity index (χ0n) is 12.6. The highest BCUT2D eigenvalue weighted by Crippen LogP contribution is 2.29. The molecule has 1 aromatic rings. The van der Waals surface area contributed by atoms with Crippen LogP contribution in [0.5, 0.6) is 0 Å². The summed E-state index contributed by atoms with van der Waals surface area (Å²) < 4.78 is 0. The monoisotopic (exact) mass is 324 g/mol. The maximum atomic E-state index is 12.5. The molecule has 1 aromatic carbocycles. The van der Waals surface area contributed by atoms with Crippen molar-refractivity contribution in [2.45, 2.75) is 38.3 Å². The number of carbonyl (C=O) groups is 2. The van der Waals surface area contributed by atoms with Gasteiger partial charge in [0, 0.05) is 24.5 Å². The number of nitrogens with zero attached hydrogens (tertiary/aromatic N) is 1. The number of halogens is 1. The smallest absolute Gasteiger partial charge is 0.225 e. The van der Waals surface area contributed by atoms with Crippen LogP contribution in [0.4, 0.5) is 0 Å². The first-order valence-electron chi connectivity index (χ1n) is 7.44. The fraction of sp³-hybridized carbons (Fsp3) is 0.500. The van der Waals surface area contributed by atoms with E-state index in [1.165, 1.54) is 6.92 Å². The van der Waals surface area contributed by atoms with Gasteiger partial charge in [-0.1, -0.05) is 23.7 Å². The fourth-order valence-electron chi connectivity index (χ4n) is 2.49. The molecule has 0 saturated heterocycles. The topological polar surface area (TPSA) is 69.6 Å². The van der Waals surface area contributed by atoms with Crippen molar-refractivity contribution in [2.24, 2.45) is 0 Å². The highest BCUT2D eigenvalue weighted by Gasteiger charge is 2.33. The molecule has 2 N–H and O–H groups in total. The molecule has 22 heavy (non-hydrogen) atoms. The third-order valence-electron chi connectivity index (χ3n) is 3.68. The molecule has 0 bridgehead atoms. The van der Waals surface area contributed by atoms with E-state index >= 15 is 0 Å². The molecule has 5 nitrogen and oxygen atoms in total. The lowest BCUT2D eigenvalue weighted by molar-refractivity contribution is -0.133. The molecule has 6 heteroatoms. The minimum Gasteiger partial charge on any atom is -0.395 e. The quantitative estimate of drug-likeness (QED) is 0.804. The first kappa shape index (κ1) is 16.8. The lowest BCUT2D eigenvalue weighted by atomic mass is 10.0. The van der Waals surface area contributed by atoms with Crippen molar-refractivity contribution in [1.29, 1.82) is 0 Å². The van der Waals surface area contributed by atoms with Crippen LogP contribution in [0.25, 0.3) is 0 Å². The average molecular weight is 325 g/mol. The Morgan fingerprint density at radius 1 is 1.36 bits per heavy atom. The van der Waals surface area contributed by atoms with Gasteiger partial charge >= 0.3 is 0 Å². The molecular weight excluding hydrogens is 304 g/mol. The molecule has 0 aromatic heterocycles. The van der Waals surface area contributed by atoms with Crippen molar-refractivity contribution < 1.29 is 14.7 Å². The van der Waals surface area contributed by atoms with Crippen LogP contribution in [0, 0.1) is 0 Å². The minimum absolute atomic E-state index is 0.0476. The first-order valence-corrected chi connectivity index (χ1v) is 7.82. The number of amides is 2. The average Bonchev–Trinajstić information content (AvgIpc) is 3.28. The number of hydrogen-bond acceptors (Lipinski definition) is 3. The molecule has 1 aliphatic carbocycles. The van der Waals surface area contributed by atoms with Gasteiger partial charge in [-0.15, -0.1) is 0 Å². The van der Waals surface area contributed by atoms with Gasteiger partial charge < -0.3 is 15.3 Å². The molecule has 0 aliphatic heterocycles. The van der Waals surface area contributed by atoms with E-state index in [0.717, 1.165) is 18.4 Å². The zero-order chi connectivity index (χ0) is 16.1. The highest BCUT2D eigenvalue weighted by molar-refractivity contribution is 6.30. The summed E-state index contributed by atoms with van der Waals surface area (Å²) in [6, 6.07) is 6.95. The van der Waals surface area contributed by atoms with Crippen molar-refractivity contribution in [3.8, 4) is 0 Å². The summed E-state index contributed by atoms with van der Waals surface area (Å²) in [4.78, 5) is 25.6. The summed E-state index contributed by atoms with van der Waals surface area (Å²) in [6.07, 6.45) is 2.15. The molecule has 2 rings (SSSR count). The number of hydrogen-bond donors (Lipinski definition) is 2. The Balaban J connectivity index is 2.09. The van der Waals surface area contributed by atoms with Gasteiger partial charge in [0.2, 0.25) is 11.8 Å². The van der Waals surface area contributed by atoms with Crippen LogP contribution in [0.3, 0.4) is 0 Å². The molecule has 0 radical (unpaired) electrons. The normalized spacial score (nSPS) is 15.2. The van der Waals surface area contributed by atoms with Crippen LogP contribution < -0.4 is 5.32 Å². The van der Waals surface area contributed by atoms with Crippen molar-refractivity contribution in [3.63, 3.8) is 0 Å². The van der Waals surface area contributed by atoms with Crippen molar-refractivity contribution in [2.75, 3.05) is 13.2 Å². The predicted molar refractivity (Wildman–Crippen MR) is 84.4 cm³/mol. The van der Waals surface area contributed by atoms with Crippen LogP contribution in [-0.4, -0.2) is 41.0 Å². The summed E-state index contributed by atoms with van der Waals surface area (Å²) in [5.74, 6) is -0.238. The van der Waals surface area contributed by atoms with Gasteiger partial charge in [0.05, 0.1) is 19.1 Å². The number of aliphatic hydroxyl groups excluding tert-OH is 1. The van der Waals surface area contributed by atoms with Crippen molar-refractivity contribution in [3.05, 3.63) is 34.9 Å². The molecule has 1 aliphatic rings. The Kier molecular flexibility index (Phi) is 5.80. The number of nitrogens with one attached hydrogen (secondary N) is 1. The summed E-state index contributed by atoms with van der Waals surface area (Å²) >= 11 is 5.88. The molecule has 2 amide bonds. The number of carbonyl (C=O) groups excluding carboxylic acids is 2. The minimum atomic E-state index is -0.387. The van der Waals surface area contributed by atoms with Crippen LogP contribution in [0.1, 0.15) is 37.8 Å². The Labute approximate surface area is 135 Å². The molecule has 1 unspecified atom stereocenters. The van der Waals surface area contributed by atoms with E-state index in [0.29, 0.717) is 11.6 Å². The molecule has 120 valence electrons. The second-order valence-electron chi connectivity index (χ2n) is 5.55. The predicted octanol–water partition coefficient (Wildman–Crippen LogP) is 1.89. The summed E-state index contributed by atoms with van der Waals surface area (Å²) in [7, 11) is 0. The molecule has 0 spiro atoms. The Hall–Kier alpha value is -1.59. The second-order valence-corrected chi connectivity index (χ2v) is 5.99. The van der Waals surface area contributed by atoms with Gasteiger partial charge in [-0.2, -0.15) is 0 Å². The van der Waals surface area contributed by atoms with E-state index in [-0.39, 0.29) is 36.9 Å². The Morgan fingerprint density at radius 3 is 2.50 bits per heavy atom. The molecule has 0 heterocycles. The number of aliphatic hydroxyl groups is 1. The number of rotatable bonds is 7. The third kappa shape index (κ3) is 4.71. The van der Waals surface area contributed by atoms with E-state index in [4.69, 9.17) is 16.7 Å². The Bertz CT molecular complexity index is 529. The maximum absolute atomic E-state index is 12.5. The van der Waals surface area contributed by atoms with Gasteiger partial charge in [0.15, 0.2) is 0 Å². The van der Waals surface area contributed by atoms with Gasteiger partial charge in [0.1, 0.15) is 0 Å². The van der Waals surface area contributed by atoms with Crippen molar-refractivity contribution >= 4 is 23.4 Å². The lowest BCUT2D eigenvalue weighted by Crippen LogP contribution is -2.38. The van der Waals surface area contributed by atoms with Gasteiger partial charge in [-0.3, -0.25) is 9.59 Å². The van der Waals surface area contributed by atoms with E-state index in [1.54, 1.807) is 17.0 Å². The van der Waals surface area contributed by atoms with Crippen molar-refractivity contribution in [1.82, 2.24) is 10.2 Å². The number of benzene rings is 1. The maximum Gasteiger partial charge on any atom is 0.225 e.